The standard InChI is InChI=1S/C18H25N5O3/c1-14(24)21-9-11-23(12-10-21)18(26)16-13-15(3-4-19-16)17(25)22-7-5-20(2)6-8-22/h3-4,13H,5-12H2,1-2H3. The van der Waals surface area contributed by atoms with Crippen molar-refractivity contribution < 1.29 is 14.4 Å². The summed E-state index contributed by atoms with van der Waals surface area (Å²) in [4.78, 5) is 48.4. The van der Waals surface area contributed by atoms with Crippen molar-refractivity contribution in [1.82, 2.24) is 24.6 Å². The number of nitrogens with zero attached hydrogens (tertiary/aromatic N) is 5. The molecule has 140 valence electrons. The molecule has 2 aliphatic rings. The summed E-state index contributed by atoms with van der Waals surface area (Å²) in [6.07, 6.45) is 1.52. The highest BCUT2D eigenvalue weighted by Crippen LogP contribution is 2.12. The number of carbonyl (C=O) groups is 3. The Hall–Kier alpha value is -2.48. The minimum absolute atomic E-state index is 0.0231. The monoisotopic (exact) mass is 359 g/mol. The summed E-state index contributed by atoms with van der Waals surface area (Å²) in [6, 6.07) is 3.24. The van der Waals surface area contributed by atoms with Crippen molar-refractivity contribution in [2.24, 2.45) is 0 Å². The van der Waals surface area contributed by atoms with Gasteiger partial charge in [0.2, 0.25) is 5.91 Å². The Morgan fingerprint density at radius 3 is 2.00 bits per heavy atom. The van der Waals surface area contributed by atoms with E-state index in [4.69, 9.17) is 0 Å². The van der Waals surface area contributed by atoms with E-state index in [0.29, 0.717) is 44.8 Å². The van der Waals surface area contributed by atoms with Crippen molar-refractivity contribution in [2.45, 2.75) is 6.92 Å². The predicted molar refractivity (Wildman–Crippen MR) is 95.8 cm³/mol. The molecular weight excluding hydrogens is 334 g/mol. The van der Waals surface area contributed by atoms with Crippen LogP contribution in [0.5, 0.6) is 0 Å². The normalized spacial score (nSPS) is 18.8. The van der Waals surface area contributed by atoms with Gasteiger partial charge in [0.05, 0.1) is 0 Å². The maximum absolute atomic E-state index is 12.7. The van der Waals surface area contributed by atoms with Crippen LogP contribution in [0.3, 0.4) is 0 Å². The fourth-order valence-electron chi connectivity index (χ4n) is 3.26. The van der Waals surface area contributed by atoms with Crippen molar-refractivity contribution in [2.75, 3.05) is 59.4 Å². The molecule has 0 radical (unpaired) electrons. The molecule has 3 heterocycles. The average Bonchev–Trinajstić information content (AvgIpc) is 2.67. The number of piperazine rings is 2. The van der Waals surface area contributed by atoms with Gasteiger partial charge in [-0.3, -0.25) is 19.4 Å². The van der Waals surface area contributed by atoms with Gasteiger partial charge in [-0.1, -0.05) is 0 Å². The Bertz CT molecular complexity index is 692. The van der Waals surface area contributed by atoms with Crippen molar-refractivity contribution >= 4 is 17.7 Å². The van der Waals surface area contributed by atoms with Gasteiger partial charge in [-0.05, 0) is 19.2 Å². The van der Waals surface area contributed by atoms with Gasteiger partial charge in [-0.15, -0.1) is 0 Å². The van der Waals surface area contributed by atoms with E-state index in [0.717, 1.165) is 13.1 Å². The molecule has 0 aromatic carbocycles. The lowest BCUT2D eigenvalue weighted by atomic mass is 10.1. The highest BCUT2D eigenvalue weighted by atomic mass is 16.2. The van der Waals surface area contributed by atoms with Crippen LogP contribution in [0.4, 0.5) is 0 Å². The summed E-state index contributed by atoms with van der Waals surface area (Å²) in [6.45, 7) is 6.63. The van der Waals surface area contributed by atoms with E-state index < -0.39 is 0 Å². The largest absolute Gasteiger partial charge is 0.339 e. The molecule has 3 rings (SSSR count). The second-order valence-corrected chi connectivity index (χ2v) is 6.82. The molecule has 3 amide bonds. The van der Waals surface area contributed by atoms with Crippen molar-refractivity contribution in [3.63, 3.8) is 0 Å². The van der Waals surface area contributed by atoms with Gasteiger partial charge in [0.1, 0.15) is 5.69 Å². The van der Waals surface area contributed by atoms with Gasteiger partial charge in [-0.2, -0.15) is 0 Å². The Morgan fingerprint density at radius 1 is 0.846 bits per heavy atom. The lowest BCUT2D eigenvalue weighted by Crippen LogP contribution is -2.50. The maximum atomic E-state index is 12.7. The zero-order valence-corrected chi connectivity index (χ0v) is 15.3. The molecule has 26 heavy (non-hydrogen) atoms. The smallest absolute Gasteiger partial charge is 0.272 e. The van der Waals surface area contributed by atoms with Crippen LogP contribution in [-0.2, 0) is 4.79 Å². The van der Waals surface area contributed by atoms with E-state index in [1.54, 1.807) is 21.9 Å². The van der Waals surface area contributed by atoms with Crippen molar-refractivity contribution in [3.8, 4) is 0 Å². The molecular formula is C18H25N5O3. The molecule has 0 saturated carbocycles. The molecule has 0 atom stereocenters. The van der Waals surface area contributed by atoms with Gasteiger partial charge in [-0.25, -0.2) is 0 Å². The first-order valence-corrected chi connectivity index (χ1v) is 8.94. The van der Waals surface area contributed by atoms with Gasteiger partial charge >= 0.3 is 0 Å². The predicted octanol–water partition coefficient (Wildman–Crippen LogP) is -0.226. The number of likely N-dealkylation sites (N-methyl/N-ethyl adjacent to an activating group) is 1. The van der Waals surface area contributed by atoms with Crippen LogP contribution < -0.4 is 0 Å². The Morgan fingerprint density at radius 2 is 1.38 bits per heavy atom. The first-order valence-electron chi connectivity index (χ1n) is 8.94. The summed E-state index contributed by atoms with van der Waals surface area (Å²) in [5.74, 6) is -0.229. The Balaban J connectivity index is 1.66. The summed E-state index contributed by atoms with van der Waals surface area (Å²) in [5, 5.41) is 0. The van der Waals surface area contributed by atoms with Gasteiger partial charge in [0, 0.05) is 71.0 Å². The molecule has 0 spiro atoms. The molecule has 8 nitrogen and oxygen atoms in total. The maximum Gasteiger partial charge on any atom is 0.272 e. The third-order valence-electron chi connectivity index (χ3n) is 5.03. The van der Waals surface area contributed by atoms with E-state index in [9.17, 15) is 14.4 Å². The number of rotatable bonds is 2. The molecule has 2 aliphatic heterocycles. The first-order chi connectivity index (χ1) is 12.5. The summed E-state index contributed by atoms with van der Waals surface area (Å²) < 4.78 is 0. The van der Waals surface area contributed by atoms with Crippen LogP contribution in [0.25, 0.3) is 0 Å². The highest BCUT2D eigenvalue weighted by molar-refractivity contribution is 5.98. The molecule has 0 aliphatic carbocycles. The molecule has 0 unspecified atom stereocenters. The topological polar surface area (TPSA) is 77.1 Å². The Kier molecular flexibility index (Phi) is 5.51. The molecule has 2 fully saturated rings. The van der Waals surface area contributed by atoms with Crippen LogP contribution in [0, 0.1) is 0 Å². The lowest BCUT2D eigenvalue weighted by molar-refractivity contribution is -0.130. The molecule has 8 heteroatoms. The second kappa shape index (κ2) is 7.82. The number of aromatic nitrogens is 1. The number of amides is 3. The summed E-state index contributed by atoms with van der Waals surface area (Å²) >= 11 is 0. The van der Waals surface area contributed by atoms with E-state index in [2.05, 4.69) is 9.88 Å². The molecule has 0 N–H and O–H groups in total. The van der Waals surface area contributed by atoms with E-state index >= 15 is 0 Å². The SMILES string of the molecule is CC(=O)N1CCN(C(=O)c2cc(C(=O)N3CCN(C)CC3)ccn2)CC1. The van der Waals surface area contributed by atoms with E-state index in [-0.39, 0.29) is 23.4 Å². The highest BCUT2D eigenvalue weighted by Gasteiger charge is 2.26. The van der Waals surface area contributed by atoms with Crippen LogP contribution in [0.2, 0.25) is 0 Å². The van der Waals surface area contributed by atoms with Crippen LogP contribution >= 0.6 is 0 Å². The summed E-state index contributed by atoms with van der Waals surface area (Å²) in [7, 11) is 2.04. The fraction of sp³-hybridized carbons (Fsp3) is 0.556. The third kappa shape index (κ3) is 4.01. The third-order valence-corrected chi connectivity index (χ3v) is 5.03. The number of hydrogen-bond acceptors (Lipinski definition) is 5. The van der Waals surface area contributed by atoms with E-state index in [1.807, 2.05) is 11.9 Å². The average molecular weight is 359 g/mol. The fourth-order valence-corrected chi connectivity index (χ4v) is 3.26. The first kappa shape index (κ1) is 18.3. The number of pyridine rings is 1. The quantitative estimate of drug-likeness (QED) is 0.729. The molecule has 2 saturated heterocycles. The zero-order chi connectivity index (χ0) is 18.7. The number of carbonyl (C=O) groups excluding carboxylic acids is 3. The van der Waals surface area contributed by atoms with Crippen LogP contribution in [0.15, 0.2) is 18.3 Å². The molecule has 0 bridgehead atoms. The molecule has 1 aromatic heterocycles. The van der Waals surface area contributed by atoms with Crippen molar-refractivity contribution in [1.29, 1.82) is 0 Å². The van der Waals surface area contributed by atoms with Crippen LogP contribution in [0.1, 0.15) is 27.8 Å². The Labute approximate surface area is 153 Å². The minimum Gasteiger partial charge on any atom is -0.339 e. The van der Waals surface area contributed by atoms with Gasteiger partial charge < -0.3 is 19.6 Å². The summed E-state index contributed by atoms with van der Waals surface area (Å²) in [5.41, 5.74) is 0.775. The zero-order valence-electron chi connectivity index (χ0n) is 15.3. The van der Waals surface area contributed by atoms with E-state index in [1.165, 1.54) is 13.1 Å². The van der Waals surface area contributed by atoms with Crippen LogP contribution in [-0.4, -0.2) is 102 Å². The van der Waals surface area contributed by atoms with Gasteiger partial charge in [0.25, 0.3) is 11.8 Å². The van der Waals surface area contributed by atoms with Crippen molar-refractivity contribution in [3.05, 3.63) is 29.6 Å². The lowest BCUT2D eigenvalue weighted by Gasteiger charge is -2.34. The van der Waals surface area contributed by atoms with Gasteiger partial charge in [0.15, 0.2) is 0 Å². The minimum atomic E-state index is -0.193. The molecule has 1 aromatic rings. The second-order valence-electron chi connectivity index (χ2n) is 6.82. The number of hydrogen-bond donors (Lipinski definition) is 0.